The number of methoxy groups -OCH3 is 2. The molecule has 0 aliphatic heterocycles. The van der Waals surface area contributed by atoms with Gasteiger partial charge in [-0.05, 0) is 24.3 Å². The monoisotopic (exact) mass is 309 g/mol. The first-order valence-corrected chi connectivity index (χ1v) is 7.08. The molecule has 0 spiro atoms. The highest BCUT2D eigenvalue weighted by Gasteiger charge is 2.19. The van der Waals surface area contributed by atoms with Crippen LogP contribution in [0.4, 0.5) is 0 Å². The second-order valence-corrected chi connectivity index (χ2v) is 4.91. The van der Waals surface area contributed by atoms with Crippen molar-refractivity contribution in [3.63, 3.8) is 0 Å². The number of benzene rings is 1. The average Bonchev–Trinajstić information content (AvgIpc) is 2.53. The first-order chi connectivity index (χ1) is 10.5. The maximum absolute atomic E-state index is 11.6. The predicted octanol–water partition coefficient (Wildman–Crippen LogP) is 1.73. The van der Waals surface area contributed by atoms with Crippen LogP contribution in [-0.4, -0.2) is 50.7 Å². The smallest absolute Gasteiger partial charge is 0.310 e. The summed E-state index contributed by atoms with van der Waals surface area (Å²) in [6.07, 6.45) is 0. The van der Waals surface area contributed by atoms with Crippen LogP contribution in [0.25, 0.3) is 0 Å². The van der Waals surface area contributed by atoms with Gasteiger partial charge in [0.15, 0.2) is 0 Å². The van der Waals surface area contributed by atoms with Crippen LogP contribution in [-0.2, 0) is 14.3 Å². The fourth-order valence-electron chi connectivity index (χ4n) is 1.93. The number of ether oxygens (including phenoxy) is 3. The Morgan fingerprint density at radius 2 is 1.73 bits per heavy atom. The van der Waals surface area contributed by atoms with Crippen LogP contribution in [0.1, 0.15) is 13.8 Å². The van der Waals surface area contributed by atoms with Gasteiger partial charge in [0, 0.05) is 13.5 Å². The SMILES string of the molecule is COC(=O)C(C)CN(CCOc1ccc(OC)cc1)C(C)=O. The Hall–Kier alpha value is -2.24. The minimum atomic E-state index is -0.366. The Balaban J connectivity index is 2.47. The van der Waals surface area contributed by atoms with Crippen molar-refractivity contribution < 1.29 is 23.8 Å². The van der Waals surface area contributed by atoms with E-state index in [1.807, 2.05) is 0 Å². The van der Waals surface area contributed by atoms with Crippen LogP contribution in [0.2, 0.25) is 0 Å². The topological polar surface area (TPSA) is 65.1 Å². The zero-order valence-electron chi connectivity index (χ0n) is 13.5. The summed E-state index contributed by atoms with van der Waals surface area (Å²) in [6.45, 7) is 4.26. The van der Waals surface area contributed by atoms with E-state index >= 15 is 0 Å². The van der Waals surface area contributed by atoms with Gasteiger partial charge in [0.1, 0.15) is 18.1 Å². The van der Waals surface area contributed by atoms with Gasteiger partial charge in [0.25, 0.3) is 0 Å². The Morgan fingerprint density at radius 1 is 1.14 bits per heavy atom. The molecular formula is C16H23NO5. The lowest BCUT2D eigenvalue weighted by molar-refractivity contribution is -0.146. The Kier molecular flexibility index (Phi) is 7.22. The third-order valence-corrected chi connectivity index (χ3v) is 3.23. The molecule has 22 heavy (non-hydrogen) atoms. The van der Waals surface area contributed by atoms with Crippen LogP contribution in [0.3, 0.4) is 0 Å². The predicted molar refractivity (Wildman–Crippen MR) is 81.9 cm³/mol. The van der Waals surface area contributed by atoms with Gasteiger partial charge in [-0.2, -0.15) is 0 Å². The molecular weight excluding hydrogens is 286 g/mol. The Morgan fingerprint density at radius 3 is 2.23 bits per heavy atom. The highest BCUT2D eigenvalue weighted by molar-refractivity contribution is 5.76. The highest BCUT2D eigenvalue weighted by atomic mass is 16.5. The van der Waals surface area contributed by atoms with Gasteiger partial charge in [-0.3, -0.25) is 9.59 Å². The molecule has 1 rings (SSSR count). The average molecular weight is 309 g/mol. The zero-order chi connectivity index (χ0) is 16.5. The van der Waals surface area contributed by atoms with Crippen molar-refractivity contribution in [1.29, 1.82) is 0 Å². The van der Waals surface area contributed by atoms with Crippen LogP contribution >= 0.6 is 0 Å². The van der Waals surface area contributed by atoms with Gasteiger partial charge in [0.05, 0.1) is 26.7 Å². The molecule has 0 heterocycles. The molecule has 0 aromatic heterocycles. The minimum Gasteiger partial charge on any atom is -0.497 e. The summed E-state index contributed by atoms with van der Waals surface area (Å²) in [5.41, 5.74) is 0. The van der Waals surface area contributed by atoms with E-state index in [0.29, 0.717) is 25.4 Å². The Bertz CT molecular complexity index is 486. The standard InChI is InChI=1S/C16H23NO5/c1-12(16(19)21-4)11-17(13(2)18)9-10-22-15-7-5-14(20-3)6-8-15/h5-8,12H,9-11H2,1-4H3. The molecule has 0 radical (unpaired) electrons. The quantitative estimate of drug-likeness (QED) is 0.684. The van der Waals surface area contributed by atoms with Gasteiger partial charge >= 0.3 is 5.97 Å². The lowest BCUT2D eigenvalue weighted by atomic mass is 10.1. The van der Waals surface area contributed by atoms with Crippen LogP contribution in [0, 0.1) is 5.92 Å². The van der Waals surface area contributed by atoms with Crippen molar-refractivity contribution in [3.05, 3.63) is 24.3 Å². The maximum atomic E-state index is 11.6. The molecule has 1 atom stereocenters. The van der Waals surface area contributed by atoms with Crippen molar-refractivity contribution >= 4 is 11.9 Å². The molecule has 0 fully saturated rings. The molecule has 0 N–H and O–H groups in total. The van der Waals surface area contributed by atoms with E-state index in [0.717, 1.165) is 5.75 Å². The molecule has 0 saturated carbocycles. The van der Waals surface area contributed by atoms with Crippen LogP contribution in [0.15, 0.2) is 24.3 Å². The fourth-order valence-corrected chi connectivity index (χ4v) is 1.93. The van der Waals surface area contributed by atoms with E-state index < -0.39 is 0 Å². The molecule has 1 aromatic carbocycles. The summed E-state index contributed by atoms with van der Waals surface area (Å²) >= 11 is 0. The van der Waals surface area contributed by atoms with Crippen molar-refractivity contribution in [2.45, 2.75) is 13.8 Å². The number of carbonyl (C=O) groups is 2. The number of hydrogen-bond donors (Lipinski definition) is 0. The largest absolute Gasteiger partial charge is 0.497 e. The van der Waals surface area contributed by atoms with Gasteiger partial charge in [-0.25, -0.2) is 0 Å². The molecule has 122 valence electrons. The van der Waals surface area contributed by atoms with Crippen LogP contribution in [0.5, 0.6) is 11.5 Å². The van der Waals surface area contributed by atoms with E-state index in [9.17, 15) is 9.59 Å². The number of hydrogen-bond acceptors (Lipinski definition) is 5. The summed E-state index contributed by atoms with van der Waals surface area (Å²) in [6, 6.07) is 7.21. The number of esters is 1. The fraction of sp³-hybridized carbons (Fsp3) is 0.500. The molecule has 6 heteroatoms. The van der Waals surface area contributed by atoms with E-state index in [1.54, 1.807) is 43.2 Å². The number of carbonyl (C=O) groups excluding carboxylic acids is 2. The van der Waals surface area contributed by atoms with E-state index in [2.05, 4.69) is 4.74 Å². The molecule has 0 aliphatic carbocycles. The summed E-state index contributed by atoms with van der Waals surface area (Å²) in [5.74, 6) is 0.654. The molecule has 0 bridgehead atoms. The Labute approximate surface area is 131 Å². The second kappa shape index (κ2) is 8.92. The van der Waals surface area contributed by atoms with Gasteiger partial charge in [0.2, 0.25) is 5.91 Å². The molecule has 1 unspecified atom stereocenters. The summed E-state index contributed by atoms with van der Waals surface area (Å²) in [5, 5.41) is 0. The van der Waals surface area contributed by atoms with Crippen molar-refractivity contribution in [1.82, 2.24) is 4.90 Å². The third kappa shape index (κ3) is 5.63. The normalized spacial score (nSPS) is 11.5. The van der Waals surface area contributed by atoms with Gasteiger partial charge < -0.3 is 19.1 Å². The number of amides is 1. The molecule has 1 aromatic rings. The summed E-state index contributed by atoms with van der Waals surface area (Å²) in [4.78, 5) is 24.6. The van der Waals surface area contributed by atoms with E-state index in [1.165, 1.54) is 14.0 Å². The summed E-state index contributed by atoms with van der Waals surface area (Å²) in [7, 11) is 2.94. The second-order valence-electron chi connectivity index (χ2n) is 4.91. The third-order valence-electron chi connectivity index (χ3n) is 3.23. The van der Waals surface area contributed by atoms with E-state index in [-0.39, 0.29) is 17.8 Å². The number of rotatable bonds is 8. The van der Waals surface area contributed by atoms with Crippen molar-refractivity contribution in [2.75, 3.05) is 33.9 Å². The lowest BCUT2D eigenvalue weighted by Crippen LogP contribution is -2.38. The minimum absolute atomic E-state index is 0.103. The summed E-state index contributed by atoms with van der Waals surface area (Å²) < 4.78 is 15.3. The van der Waals surface area contributed by atoms with E-state index in [4.69, 9.17) is 9.47 Å². The van der Waals surface area contributed by atoms with Gasteiger partial charge in [-0.15, -0.1) is 0 Å². The number of nitrogens with zero attached hydrogens (tertiary/aromatic N) is 1. The zero-order valence-corrected chi connectivity index (χ0v) is 13.5. The van der Waals surface area contributed by atoms with Crippen LogP contribution < -0.4 is 9.47 Å². The molecule has 6 nitrogen and oxygen atoms in total. The lowest BCUT2D eigenvalue weighted by Gasteiger charge is -2.23. The first kappa shape index (κ1) is 17.8. The maximum Gasteiger partial charge on any atom is 0.310 e. The molecule has 0 aliphatic rings. The molecule has 0 saturated heterocycles. The molecule has 1 amide bonds. The van der Waals surface area contributed by atoms with Gasteiger partial charge in [-0.1, -0.05) is 6.92 Å². The van der Waals surface area contributed by atoms with Crippen molar-refractivity contribution in [3.8, 4) is 11.5 Å². The highest BCUT2D eigenvalue weighted by Crippen LogP contribution is 2.16. The first-order valence-electron chi connectivity index (χ1n) is 7.08. The van der Waals surface area contributed by atoms with Crippen molar-refractivity contribution in [2.24, 2.45) is 5.92 Å².